The fraction of sp³-hybridized carbons (Fsp3) is 0.231. The highest BCUT2D eigenvalue weighted by Gasteiger charge is 2.26. The number of methoxy groups -OCH3 is 1. The number of ether oxygens (including phenoxy) is 1. The monoisotopic (exact) mass is 426 g/mol. The highest BCUT2D eigenvalue weighted by atomic mass is 16.5. The van der Waals surface area contributed by atoms with E-state index in [2.05, 4.69) is 27.0 Å². The number of hydrogen-bond donors (Lipinski definition) is 1. The van der Waals surface area contributed by atoms with Crippen LogP contribution in [0.1, 0.15) is 23.3 Å². The fourth-order valence-electron chi connectivity index (χ4n) is 4.39. The average Bonchev–Trinajstić information content (AvgIpc) is 3.24. The lowest BCUT2D eigenvalue weighted by Gasteiger charge is -2.33. The van der Waals surface area contributed by atoms with Crippen molar-refractivity contribution in [1.82, 2.24) is 14.5 Å². The first-order valence-electron chi connectivity index (χ1n) is 10.9. The molecule has 2 aromatic carbocycles. The summed E-state index contributed by atoms with van der Waals surface area (Å²) < 4.78 is 7.36. The Morgan fingerprint density at radius 1 is 1.00 bits per heavy atom. The van der Waals surface area contributed by atoms with Crippen molar-refractivity contribution in [2.24, 2.45) is 0 Å². The van der Waals surface area contributed by atoms with Crippen LogP contribution in [-0.4, -0.2) is 46.6 Å². The maximum absolute atomic E-state index is 13.6. The third-order valence-electron chi connectivity index (χ3n) is 6.09. The number of nitrogens with one attached hydrogen (secondary N) is 1. The molecule has 0 atom stereocenters. The van der Waals surface area contributed by atoms with E-state index in [1.807, 2.05) is 59.5 Å². The van der Waals surface area contributed by atoms with Gasteiger partial charge in [-0.15, -0.1) is 0 Å². The molecule has 6 nitrogen and oxygen atoms in total. The Morgan fingerprint density at radius 2 is 1.72 bits per heavy atom. The van der Waals surface area contributed by atoms with Crippen LogP contribution in [-0.2, 0) is 0 Å². The van der Waals surface area contributed by atoms with Gasteiger partial charge >= 0.3 is 0 Å². The van der Waals surface area contributed by atoms with E-state index in [-0.39, 0.29) is 5.91 Å². The molecule has 1 aliphatic rings. The van der Waals surface area contributed by atoms with Crippen LogP contribution in [0, 0.1) is 0 Å². The molecule has 162 valence electrons. The van der Waals surface area contributed by atoms with E-state index >= 15 is 0 Å². The van der Waals surface area contributed by atoms with E-state index in [0.29, 0.717) is 11.7 Å². The van der Waals surface area contributed by atoms with Crippen LogP contribution in [0.15, 0.2) is 79.1 Å². The first-order valence-corrected chi connectivity index (χ1v) is 10.9. The molecule has 3 heterocycles. The van der Waals surface area contributed by atoms with Crippen molar-refractivity contribution in [2.45, 2.75) is 18.9 Å². The van der Waals surface area contributed by atoms with Crippen molar-refractivity contribution in [3.63, 3.8) is 0 Å². The minimum absolute atomic E-state index is 0.0689. The molecule has 6 heteroatoms. The molecule has 0 spiro atoms. The van der Waals surface area contributed by atoms with Crippen LogP contribution in [0.4, 0.5) is 5.69 Å². The van der Waals surface area contributed by atoms with Crippen molar-refractivity contribution in [1.29, 1.82) is 0 Å². The van der Waals surface area contributed by atoms with Gasteiger partial charge in [0.2, 0.25) is 0 Å². The number of carbonyl (C=O) groups is 1. The van der Waals surface area contributed by atoms with Gasteiger partial charge in [-0.1, -0.05) is 18.2 Å². The molecule has 1 amide bonds. The number of amides is 1. The molecule has 2 aromatic heterocycles. The van der Waals surface area contributed by atoms with E-state index in [1.165, 1.54) is 0 Å². The summed E-state index contributed by atoms with van der Waals surface area (Å²) in [7, 11) is 1.65. The number of nitrogens with zero attached hydrogens (tertiary/aromatic N) is 3. The first kappa shape index (κ1) is 20.1. The molecule has 0 unspecified atom stereocenters. The van der Waals surface area contributed by atoms with Gasteiger partial charge < -0.3 is 19.5 Å². The molecule has 0 bridgehead atoms. The van der Waals surface area contributed by atoms with Crippen molar-refractivity contribution in [3.8, 4) is 11.4 Å². The first-order chi connectivity index (χ1) is 15.7. The predicted molar refractivity (Wildman–Crippen MR) is 127 cm³/mol. The lowest BCUT2D eigenvalue weighted by atomic mass is 10.0. The number of rotatable bonds is 5. The average molecular weight is 427 g/mol. The molecule has 1 fully saturated rings. The third kappa shape index (κ3) is 3.91. The van der Waals surface area contributed by atoms with E-state index < -0.39 is 0 Å². The Kier molecular flexibility index (Phi) is 5.50. The highest BCUT2D eigenvalue weighted by molar-refractivity contribution is 6.00. The Hall–Kier alpha value is -3.80. The summed E-state index contributed by atoms with van der Waals surface area (Å²) in [5.41, 5.74) is 3.74. The Labute approximate surface area is 187 Å². The number of likely N-dealkylation sites (tertiary alicyclic amines) is 1. The third-order valence-corrected chi connectivity index (χ3v) is 6.09. The lowest BCUT2D eigenvalue weighted by Crippen LogP contribution is -2.42. The van der Waals surface area contributed by atoms with Crippen LogP contribution in [0.2, 0.25) is 0 Å². The summed E-state index contributed by atoms with van der Waals surface area (Å²) >= 11 is 0. The predicted octanol–water partition coefficient (Wildman–Crippen LogP) is 4.75. The zero-order valence-corrected chi connectivity index (χ0v) is 18.1. The smallest absolute Gasteiger partial charge is 0.270 e. The standard InChI is InChI=1S/C26H26N4O2/c1-32-23-8-6-22(7-9-23)30-24-5-3-2-4-19(24)18-25(30)26(31)29-16-12-21(13-17-29)28-20-10-14-27-15-11-20/h2-11,14-15,18,21H,12-13,16-17H2,1H3,(H,27,28). The maximum atomic E-state index is 13.6. The number of hydrogen-bond acceptors (Lipinski definition) is 4. The van der Waals surface area contributed by atoms with Crippen molar-refractivity contribution < 1.29 is 9.53 Å². The minimum atomic E-state index is 0.0689. The minimum Gasteiger partial charge on any atom is -0.497 e. The van der Waals surface area contributed by atoms with Gasteiger partial charge in [-0.2, -0.15) is 0 Å². The van der Waals surface area contributed by atoms with Gasteiger partial charge in [0.25, 0.3) is 5.91 Å². The zero-order chi connectivity index (χ0) is 21.9. The second-order valence-electron chi connectivity index (χ2n) is 8.07. The number of benzene rings is 2. The van der Waals surface area contributed by atoms with Gasteiger partial charge in [-0.05, 0) is 61.4 Å². The Morgan fingerprint density at radius 3 is 2.44 bits per heavy atom. The second kappa shape index (κ2) is 8.75. The van der Waals surface area contributed by atoms with Crippen LogP contribution >= 0.6 is 0 Å². The van der Waals surface area contributed by atoms with Gasteiger partial charge in [-0.3, -0.25) is 9.78 Å². The normalized spacial score (nSPS) is 14.5. The summed E-state index contributed by atoms with van der Waals surface area (Å²) in [6.07, 6.45) is 5.41. The SMILES string of the molecule is COc1ccc(-n2c(C(=O)N3CCC(Nc4ccncc4)CC3)cc3ccccc32)cc1. The van der Waals surface area contributed by atoms with Gasteiger partial charge in [-0.25, -0.2) is 0 Å². The molecule has 1 N–H and O–H groups in total. The molecular formula is C26H26N4O2. The summed E-state index contributed by atoms with van der Waals surface area (Å²) in [6, 6.07) is 22.3. The van der Waals surface area contributed by atoms with Crippen LogP contribution < -0.4 is 10.1 Å². The van der Waals surface area contributed by atoms with Crippen LogP contribution in [0.5, 0.6) is 5.75 Å². The summed E-state index contributed by atoms with van der Waals surface area (Å²) in [4.78, 5) is 19.6. The van der Waals surface area contributed by atoms with E-state index in [1.54, 1.807) is 19.5 Å². The van der Waals surface area contributed by atoms with E-state index in [9.17, 15) is 4.79 Å². The molecular weight excluding hydrogens is 400 g/mol. The van der Waals surface area contributed by atoms with E-state index in [0.717, 1.165) is 54.0 Å². The molecule has 4 aromatic rings. The summed E-state index contributed by atoms with van der Waals surface area (Å²) in [6.45, 7) is 1.46. The molecule has 32 heavy (non-hydrogen) atoms. The molecule has 1 saturated heterocycles. The van der Waals surface area contributed by atoms with Crippen molar-refractivity contribution in [3.05, 3.63) is 84.8 Å². The van der Waals surface area contributed by atoms with Crippen LogP contribution in [0.25, 0.3) is 16.6 Å². The van der Waals surface area contributed by atoms with Gasteiger partial charge in [0.15, 0.2) is 0 Å². The lowest BCUT2D eigenvalue weighted by molar-refractivity contribution is 0.0711. The summed E-state index contributed by atoms with van der Waals surface area (Å²) in [5.74, 6) is 0.862. The highest BCUT2D eigenvalue weighted by Crippen LogP contribution is 2.28. The number of carbonyl (C=O) groups excluding carboxylic acids is 1. The quantitative estimate of drug-likeness (QED) is 0.500. The van der Waals surface area contributed by atoms with E-state index in [4.69, 9.17) is 4.74 Å². The molecule has 0 radical (unpaired) electrons. The summed E-state index contributed by atoms with van der Waals surface area (Å²) in [5, 5.41) is 4.61. The molecule has 1 aliphatic heterocycles. The number of piperidine rings is 1. The molecule has 0 saturated carbocycles. The number of aromatic nitrogens is 2. The molecule has 0 aliphatic carbocycles. The Balaban J connectivity index is 1.39. The zero-order valence-electron chi connectivity index (χ0n) is 18.1. The number of pyridine rings is 1. The van der Waals surface area contributed by atoms with Crippen molar-refractivity contribution in [2.75, 3.05) is 25.5 Å². The van der Waals surface area contributed by atoms with Gasteiger partial charge in [0.1, 0.15) is 11.4 Å². The maximum Gasteiger partial charge on any atom is 0.270 e. The number of anilines is 1. The largest absolute Gasteiger partial charge is 0.497 e. The van der Waals surface area contributed by atoms with Gasteiger partial charge in [0, 0.05) is 48.3 Å². The fourth-order valence-corrected chi connectivity index (χ4v) is 4.39. The Bertz CT molecular complexity index is 1210. The van der Waals surface area contributed by atoms with Crippen molar-refractivity contribution >= 4 is 22.5 Å². The topological polar surface area (TPSA) is 59.4 Å². The number of para-hydroxylation sites is 1. The number of fused-ring (bicyclic) bond motifs is 1. The van der Waals surface area contributed by atoms with Crippen LogP contribution in [0.3, 0.4) is 0 Å². The van der Waals surface area contributed by atoms with Gasteiger partial charge in [0.05, 0.1) is 12.6 Å². The molecule has 5 rings (SSSR count). The second-order valence-corrected chi connectivity index (χ2v) is 8.07.